The number of hydrogen-bond acceptors (Lipinski definition) is 0. The number of benzene rings is 2. The molecule has 1 unspecified atom stereocenters. The highest BCUT2D eigenvalue weighted by Crippen LogP contribution is 2.50. The van der Waals surface area contributed by atoms with Gasteiger partial charge in [-0.05, 0) is 28.3 Å². The molecule has 0 N–H and O–H groups in total. The highest BCUT2D eigenvalue weighted by Gasteiger charge is 2.42. The fourth-order valence-electron chi connectivity index (χ4n) is 3.20. The fourth-order valence-corrected chi connectivity index (χ4v) is 6.84. The van der Waals surface area contributed by atoms with Gasteiger partial charge >= 0.3 is 0 Å². The van der Waals surface area contributed by atoms with Gasteiger partial charge in [-0.15, -0.1) is 6.58 Å². The lowest BCUT2D eigenvalue weighted by Gasteiger charge is -2.27. The number of fused-ring (bicyclic) bond motifs is 3. The number of rotatable bonds is 3. The van der Waals surface area contributed by atoms with Crippen molar-refractivity contribution in [1.82, 2.24) is 0 Å². The number of hydrogen-bond donors (Lipinski definition) is 0. The lowest BCUT2D eigenvalue weighted by molar-refractivity contribution is 1.13. The van der Waals surface area contributed by atoms with Crippen LogP contribution in [0.3, 0.4) is 0 Å². The van der Waals surface area contributed by atoms with E-state index in [9.17, 15) is 0 Å². The summed E-state index contributed by atoms with van der Waals surface area (Å²) in [6, 6.07) is 18.3. The van der Waals surface area contributed by atoms with E-state index in [4.69, 9.17) is 11.1 Å². The van der Waals surface area contributed by atoms with E-state index in [2.05, 4.69) is 61.7 Å². The molecular weight excluding hydrogens is 268 g/mol. The highest BCUT2D eigenvalue weighted by molar-refractivity contribution is 7.20. The lowest BCUT2D eigenvalue weighted by Crippen LogP contribution is -2.31. The van der Waals surface area contributed by atoms with E-state index in [0.29, 0.717) is 5.54 Å². The minimum Gasteiger partial charge on any atom is -0.166 e. The Balaban J connectivity index is 2.23. The van der Waals surface area contributed by atoms with Crippen molar-refractivity contribution < 1.29 is 0 Å². The van der Waals surface area contributed by atoms with Gasteiger partial charge in [-0.2, -0.15) is 11.1 Å². The van der Waals surface area contributed by atoms with Crippen molar-refractivity contribution in [1.29, 1.82) is 0 Å². The first-order valence-electron chi connectivity index (χ1n) is 6.63. The SMILES string of the molecule is C=CC[Si](C)(Cl)C1c2ccccc2-c2ccccc21. The van der Waals surface area contributed by atoms with Crippen LogP contribution in [-0.2, 0) is 0 Å². The first kappa shape index (κ1) is 12.7. The van der Waals surface area contributed by atoms with Crippen LogP contribution in [0.1, 0.15) is 16.7 Å². The third-order valence-corrected chi connectivity index (χ3v) is 8.01. The summed E-state index contributed by atoms with van der Waals surface area (Å²) in [7, 11) is -1.92. The van der Waals surface area contributed by atoms with Crippen LogP contribution in [0.25, 0.3) is 11.1 Å². The molecule has 0 saturated heterocycles. The Morgan fingerprint density at radius 1 is 1.05 bits per heavy atom. The van der Waals surface area contributed by atoms with Crippen LogP contribution in [0.4, 0.5) is 0 Å². The standard InChI is InChI=1S/C17H17ClSi/c1-3-12-19(2,18)17-15-10-6-4-8-13(15)14-9-5-7-11-16(14)17/h3-11,17H,1,12H2,2H3. The smallest absolute Gasteiger partial charge is 0.166 e. The molecule has 1 aliphatic rings. The third kappa shape index (κ3) is 1.98. The average molecular weight is 285 g/mol. The molecule has 3 rings (SSSR count). The maximum Gasteiger partial charge on any atom is 0.168 e. The van der Waals surface area contributed by atoms with Crippen LogP contribution in [0.2, 0.25) is 12.6 Å². The Labute approximate surface area is 120 Å². The van der Waals surface area contributed by atoms with Gasteiger partial charge in [0.05, 0.1) is 0 Å². The summed E-state index contributed by atoms with van der Waals surface area (Å²) < 4.78 is 0. The number of halogens is 1. The fraction of sp³-hybridized carbons (Fsp3) is 0.176. The molecule has 0 amide bonds. The van der Waals surface area contributed by atoms with Crippen LogP contribution < -0.4 is 0 Å². The van der Waals surface area contributed by atoms with Crippen molar-refractivity contribution in [2.75, 3.05) is 0 Å². The van der Waals surface area contributed by atoms with Gasteiger partial charge < -0.3 is 0 Å². The van der Waals surface area contributed by atoms with Crippen molar-refractivity contribution >= 4 is 18.5 Å². The summed E-state index contributed by atoms with van der Waals surface area (Å²) in [5, 5.41) is 0. The summed E-state index contributed by atoms with van der Waals surface area (Å²) >= 11 is 6.97. The molecule has 0 fully saturated rings. The summed E-state index contributed by atoms with van der Waals surface area (Å²) in [6.07, 6.45) is 1.97. The van der Waals surface area contributed by atoms with Crippen molar-refractivity contribution in [3.63, 3.8) is 0 Å². The van der Waals surface area contributed by atoms with Crippen LogP contribution >= 0.6 is 11.1 Å². The molecule has 2 aromatic carbocycles. The summed E-state index contributed by atoms with van der Waals surface area (Å²) in [4.78, 5) is 0. The summed E-state index contributed by atoms with van der Waals surface area (Å²) in [6.45, 7) is 6.13. The Bertz CT molecular complexity index is 585. The topological polar surface area (TPSA) is 0 Å². The Morgan fingerprint density at radius 2 is 1.53 bits per heavy atom. The van der Waals surface area contributed by atoms with Gasteiger partial charge in [0.15, 0.2) is 7.38 Å². The Kier molecular flexibility index (Phi) is 3.12. The van der Waals surface area contributed by atoms with Gasteiger partial charge in [-0.1, -0.05) is 61.2 Å². The van der Waals surface area contributed by atoms with E-state index in [-0.39, 0.29) is 0 Å². The van der Waals surface area contributed by atoms with Gasteiger partial charge in [0.1, 0.15) is 0 Å². The van der Waals surface area contributed by atoms with Crippen molar-refractivity contribution in [2.24, 2.45) is 0 Å². The summed E-state index contributed by atoms with van der Waals surface area (Å²) in [5.41, 5.74) is 5.88. The molecule has 0 saturated carbocycles. The van der Waals surface area contributed by atoms with E-state index in [1.807, 2.05) is 6.08 Å². The van der Waals surface area contributed by atoms with Crippen LogP contribution in [0.15, 0.2) is 61.2 Å². The summed E-state index contributed by atoms with van der Waals surface area (Å²) in [5.74, 6) is 0. The number of allylic oxidation sites excluding steroid dienone is 1. The molecule has 0 aliphatic heterocycles. The molecule has 0 radical (unpaired) electrons. The molecule has 96 valence electrons. The lowest BCUT2D eigenvalue weighted by atomic mass is 10.1. The van der Waals surface area contributed by atoms with Gasteiger partial charge in [-0.25, -0.2) is 0 Å². The zero-order valence-corrected chi connectivity index (χ0v) is 12.8. The first-order valence-corrected chi connectivity index (χ1v) is 10.4. The predicted molar refractivity (Wildman–Crippen MR) is 86.2 cm³/mol. The monoisotopic (exact) mass is 284 g/mol. The maximum absolute atomic E-state index is 6.97. The molecule has 1 atom stereocenters. The second kappa shape index (κ2) is 4.66. The van der Waals surface area contributed by atoms with E-state index in [1.54, 1.807) is 0 Å². The Hall–Kier alpha value is -1.31. The molecule has 19 heavy (non-hydrogen) atoms. The normalized spacial score (nSPS) is 16.5. The zero-order valence-electron chi connectivity index (χ0n) is 11.1. The highest BCUT2D eigenvalue weighted by atomic mass is 35.6. The van der Waals surface area contributed by atoms with Crippen LogP contribution in [0, 0.1) is 0 Å². The second-order valence-electron chi connectivity index (χ2n) is 5.38. The molecule has 2 aromatic rings. The van der Waals surface area contributed by atoms with Crippen LogP contribution in [-0.4, -0.2) is 7.38 Å². The molecule has 0 nitrogen and oxygen atoms in total. The van der Waals surface area contributed by atoms with E-state index in [1.165, 1.54) is 22.3 Å². The quantitative estimate of drug-likeness (QED) is 0.405. The van der Waals surface area contributed by atoms with Crippen LogP contribution in [0.5, 0.6) is 0 Å². The largest absolute Gasteiger partial charge is 0.168 e. The molecule has 0 spiro atoms. The van der Waals surface area contributed by atoms with Crippen molar-refractivity contribution in [3.05, 3.63) is 72.3 Å². The van der Waals surface area contributed by atoms with E-state index in [0.717, 1.165) is 6.04 Å². The van der Waals surface area contributed by atoms with E-state index < -0.39 is 7.38 Å². The molecule has 2 heteroatoms. The molecule has 0 aromatic heterocycles. The van der Waals surface area contributed by atoms with Crippen molar-refractivity contribution in [3.8, 4) is 11.1 Å². The van der Waals surface area contributed by atoms with E-state index >= 15 is 0 Å². The Morgan fingerprint density at radius 3 is 2.00 bits per heavy atom. The third-order valence-electron chi connectivity index (χ3n) is 3.98. The minimum atomic E-state index is -1.92. The molecule has 1 aliphatic carbocycles. The van der Waals surface area contributed by atoms with Crippen molar-refractivity contribution in [2.45, 2.75) is 18.1 Å². The predicted octanol–water partition coefficient (Wildman–Crippen LogP) is 5.34. The average Bonchev–Trinajstić information content (AvgIpc) is 2.74. The molecule has 0 bridgehead atoms. The molecular formula is C17H17ClSi. The molecule has 0 heterocycles. The second-order valence-corrected chi connectivity index (χ2v) is 11.5. The van der Waals surface area contributed by atoms with Gasteiger partial charge in [0.2, 0.25) is 0 Å². The van der Waals surface area contributed by atoms with Gasteiger partial charge in [-0.3, -0.25) is 0 Å². The zero-order chi connectivity index (χ0) is 13.5. The van der Waals surface area contributed by atoms with Gasteiger partial charge in [0, 0.05) is 5.54 Å². The maximum atomic E-state index is 6.97. The first-order chi connectivity index (χ1) is 9.15. The van der Waals surface area contributed by atoms with Gasteiger partial charge in [0.25, 0.3) is 0 Å². The minimum absolute atomic E-state index is 0.375.